The zero-order valence-electron chi connectivity index (χ0n) is 11.3. The van der Waals surface area contributed by atoms with Crippen molar-refractivity contribution < 1.29 is 19.1 Å². The van der Waals surface area contributed by atoms with Crippen LogP contribution >= 0.6 is 15.9 Å². The Hall–Kier alpha value is -1.63. The van der Waals surface area contributed by atoms with Gasteiger partial charge in [0, 0.05) is 11.0 Å². The second kappa shape index (κ2) is 6.43. The maximum Gasteiger partial charge on any atom is 0.319 e. The maximum absolute atomic E-state index is 13.5. The molecule has 1 aliphatic carbocycles. The van der Waals surface area contributed by atoms with Gasteiger partial charge in [0.05, 0.1) is 11.1 Å². The summed E-state index contributed by atoms with van der Waals surface area (Å²) in [6, 6.07) is 3.59. The Morgan fingerprint density at radius 1 is 1.33 bits per heavy atom. The van der Waals surface area contributed by atoms with E-state index in [1.807, 2.05) is 0 Å². The molecule has 2 rings (SSSR count). The first kappa shape index (κ1) is 15.8. The van der Waals surface area contributed by atoms with Crippen molar-refractivity contribution in [2.75, 3.05) is 11.9 Å². The first-order valence-electron chi connectivity index (χ1n) is 6.66. The van der Waals surface area contributed by atoms with E-state index < -0.39 is 23.2 Å². The number of urea groups is 1. The summed E-state index contributed by atoms with van der Waals surface area (Å²) in [6.07, 6.45) is 2.79. The lowest BCUT2D eigenvalue weighted by Crippen LogP contribution is -2.42. The van der Waals surface area contributed by atoms with Crippen LogP contribution in [0.25, 0.3) is 0 Å². The quantitative estimate of drug-likeness (QED) is 0.772. The molecule has 1 aliphatic rings. The van der Waals surface area contributed by atoms with Gasteiger partial charge in [0.15, 0.2) is 0 Å². The number of amides is 2. The van der Waals surface area contributed by atoms with Gasteiger partial charge in [0.25, 0.3) is 0 Å². The Labute approximate surface area is 130 Å². The molecule has 0 aromatic heterocycles. The molecule has 0 spiro atoms. The van der Waals surface area contributed by atoms with E-state index in [0.29, 0.717) is 17.3 Å². The van der Waals surface area contributed by atoms with Crippen LogP contribution in [-0.2, 0) is 4.79 Å². The monoisotopic (exact) mass is 358 g/mol. The Balaban J connectivity index is 1.96. The standard InChI is InChI=1S/C14H16BrFN2O3/c15-9-3-4-10(16)11(7-9)18-13(21)17-8-14(12(19)20)5-1-2-6-14/h3-4,7H,1-2,5-6,8H2,(H,19,20)(H2,17,18,21). The number of carbonyl (C=O) groups excluding carboxylic acids is 1. The van der Waals surface area contributed by atoms with E-state index in [0.717, 1.165) is 12.8 Å². The first-order chi connectivity index (χ1) is 9.93. The fourth-order valence-corrected chi connectivity index (χ4v) is 2.89. The van der Waals surface area contributed by atoms with E-state index in [2.05, 4.69) is 26.6 Å². The predicted molar refractivity (Wildman–Crippen MR) is 79.7 cm³/mol. The van der Waals surface area contributed by atoms with E-state index >= 15 is 0 Å². The molecule has 2 amide bonds. The molecule has 0 aliphatic heterocycles. The van der Waals surface area contributed by atoms with Gasteiger partial charge in [-0.15, -0.1) is 0 Å². The van der Waals surface area contributed by atoms with Crippen LogP contribution < -0.4 is 10.6 Å². The Bertz CT molecular complexity index is 559. The van der Waals surface area contributed by atoms with E-state index in [1.165, 1.54) is 18.2 Å². The van der Waals surface area contributed by atoms with Crippen LogP contribution in [0.2, 0.25) is 0 Å². The fourth-order valence-electron chi connectivity index (χ4n) is 2.53. The molecule has 1 aromatic rings. The van der Waals surface area contributed by atoms with Crippen molar-refractivity contribution in [2.45, 2.75) is 25.7 Å². The summed E-state index contributed by atoms with van der Waals surface area (Å²) in [7, 11) is 0. The van der Waals surface area contributed by atoms with Gasteiger partial charge in [-0.05, 0) is 31.0 Å². The average Bonchev–Trinajstić information content (AvgIpc) is 2.91. The minimum absolute atomic E-state index is 0.0395. The van der Waals surface area contributed by atoms with Crippen LogP contribution in [0.4, 0.5) is 14.9 Å². The lowest BCUT2D eigenvalue weighted by molar-refractivity contribution is -0.148. The van der Waals surface area contributed by atoms with Crippen molar-refractivity contribution >= 4 is 33.6 Å². The number of carboxylic acid groups (broad SMARTS) is 1. The second-order valence-corrected chi connectivity index (χ2v) is 6.14. The largest absolute Gasteiger partial charge is 0.481 e. The molecule has 5 nitrogen and oxygen atoms in total. The van der Waals surface area contributed by atoms with Gasteiger partial charge < -0.3 is 15.7 Å². The molecule has 1 aromatic carbocycles. The SMILES string of the molecule is O=C(NCC1(C(=O)O)CCCC1)Nc1cc(Br)ccc1F. The zero-order valence-corrected chi connectivity index (χ0v) is 12.9. The van der Waals surface area contributed by atoms with Crippen LogP contribution in [0.1, 0.15) is 25.7 Å². The molecule has 0 atom stereocenters. The highest BCUT2D eigenvalue weighted by atomic mass is 79.9. The Morgan fingerprint density at radius 3 is 2.62 bits per heavy atom. The lowest BCUT2D eigenvalue weighted by Gasteiger charge is -2.24. The molecule has 0 saturated heterocycles. The summed E-state index contributed by atoms with van der Waals surface area (Å²) < 4.78 is 14.2. The third-order valence-electron chi connectivity index (χ3n) is 3.78. The third kappa shape index (κ3) is 3.72. The molecule has 0 heterocycles. The van der Waals surface area contributed by atoms with Gasteiger partial charge >= 0.3 is 12.0 Å². The summed E-state index contributed by atoms with van der Waals surface area (Å²) in [6.45, 7) is 0.0454. The van der Waals surface area contributed by atoms with Gasteiger partial charge in [0.1, 0.15) is 5.82 Å². The molecular formula is C14H16BrFN2O3. The normalized spacial score (nSPS) is 16.5. The summed E-state index contributed by atoms with van der Waals surface area (Å²) in [5.41, 5.74) is -0.856. The van der Waals surface area contributed by atoms with E-state index in [9.17, 15) is 19.1 Å². The Morgan fingerprint density at radius 2 is 2.00 bits per heavy atom. The molecule has 0 unspecified atom stereocenters. The predicted octanol–water partition coefficient (Wildman–Crippen LogP) is 3.35. The maximum atomic E-state index is 13.5. The molecule has 1 fully saturated rings. The van der Waals surface area contributed by atoms with Gasteiger partial charge in [-0.25, -0.2) is 9.18 Å². The van der Waals surface area contributed by atoms with E-state index in [4.69, 9.17) is 0 Å². The summed E-state index contributed by atoms with van der Waals surface area (Å²) in [5.74, 6) is -1.45. The van der Waals surface area contributed by atoms with Crippen LogP contribution in [-0.4, -0.2) is 23.7 Å². The molecule has 114 valence electrons. The minimum atomic E-state index is -0.896. The summed E-state index contributed by atoms with van der Waals surface area (Å²) in [5, 5.41) is 14.2. The topological polar surface area (TPSA) is 78.4 Å². The van der Waals surface area contributed by atoms with E-state index in [-0.39, 0.29) is 12.2 Å². The van der Waals surface area contributed by atoms with Crippen molar-refractivity contribution in [1.29, 1.82) is 0 Å². The minimum Gasteiger partial charge on any atom is -0.481 e. The number of hydrogen-bond donors (Lipinski definition) is 3. The molecule has 1 saturated carbocycles. The number of benzene rings is 1. The average molecular weight is 359 g/mol. The summed E-state index contributed by atoms with van der Waals surface area (Å²) >= 11 is 3.19. The summed E-state index contributed by atoms with van der Waals surface area (Å²) in [4.78, 5) is 23.2. The number of anilines is 1. The van der Waals surface area contributed by atoms with Gasteiger partial charge in [0.2, 0.25) is 0 Å². The smallest absolute Gasteiger partial charge is 0.319 e. The fraction of sp³-hybridized carbons (Fsp3) is 0.429. The van der Waals surface area contributed by atoms with Crippen molar-refractivity contribution in [3.05, 3.63) is 28.5 Å². The van der Waals surface area contributed by atoms with Crippen LogP contribution in [0.5, 0.6) is 0 Å². The lowest BCUT2D eigenvalue weighted by atomic mass is 9.86. The number of nitrogens with one attached hydrogen (secondary N) is 2. The highest BCUT2D eigenvalue weighted by Crippen LogP contribution is 2.37. The number of halogens is 2. The van der Waals surface area contributed by atoms with Crippen LogP contribution in [0.3, 0.4) is 0 Å². The van der Waals surface area contributed by atoms with Crippen LogP contribution in [0.15, 0.2) is 22.7 Å². The van der Waals surface area contributed by atoms with Crippen LogP contribution in [0, 0.1) is 11.2 Å². The highest BCUT2D eigenvalue weighted by Gasteiger charge is 2.41. The van der Waals surface area contributed by atoms with Crippen molar-refractivity contribution in [3.8, 4) is 0 Å². The number of aliphatic carboxylic acids is 1. The number of rotatable bonds is 4. The van der Waals surface area contributed by atoms with Gasteiger partial charge in [-0.2, -0.15) is 0 Å². The first-order valence-corrected chi connectivity index (χ1v) is 7.46. The molecular weight excluding hydrogens is 343 g/mol. The van der Waals surface area contributed by atoms with Crippen molar-refractivity contribution in [2.24, 2.45) is 5.41 Å². The number of hydrogen-bond acceptors (Lipinski definition) is 2. The molecule has 21 heavy (non-hydrogen) atoms. The van der Waals surface area contributed by atoms with Crippen molar-refractivity contribution in [1.82, 2.24) is 5.32 Å². The second-order valence-electron chi connectivity index (χ2n) is 5.22. The van der Waals surface area contributed by atoms with Crippen molar-refractivity contribution in [3.63, 3.8) is 0 Å². The number of carboxylic acids is 1. The number of carbonyl (C=O) groups is 2. The zero-order chi connectivity index (χ0) is 15.5. The Kier molecular flexibility index (Phi) is 4.82. The van der Waals surface area contributed by atoms with E-state index in [1.54, 1.807) is 0 Å². The highest BCUT2D eigenvalue weighted by molar-refractivity contribution is 9.10. The molecule has 0 radical (unpaired) electrons. The molecule has 7 heteroatoms. The van der Waals surface area contributed by atoms with Gasteiger partial charge in [-0.3, -0.25) is 4.79 Å². The van der Waals surface area contributed by atoms with Gasteiger partial charge in [-0.1, -0.05) is 28.8 Å². The third-order valence-corrected chi connectivity index (χ3v) is 4.27. The molecule has 0 bridgehead atoms. The molecule has 3 N–H and O–H groups in total.